The van der Waals surface area contributed by atoms with Crippen LogP contribution >= 0.6 is 27.5 Å². The molecule has 0 bridgehead atoms. The normalized spacial score (nSPS) is 11.8. The number of aryl methyl sites for hydroxylation is 2. The number of alkyl halides is 1. The second kappa shape index (κ2) is 6.03. The van der Waals surface area contributed by atoms with Crippen LogP contribution in [0.2, 0.25) is 0 Å². The Bertz CT molecular complexity index is 349. The molecular weight excluding hydrogens is 289 g/mol. The molecule has 1 heterocycles. The zero-order chi connectivity index (χ0) is 12.3. The van der Waals surface area contributed by atoms with Crippen LogP contribution in [0.5, 0.6) is 0 Å². The van der Waals surface area contributed by atoms with Gasteiger partial charge in [0.25, 0.3) is 0 Å². The predicted octanol–water partition coefficient (Wildman–Crippen LogP) is 2.94. The Morgan fingerprint density at radius 2 is 2.12 bits per heavy atom. The van der Waals surface area contributed by atoms with Gasteiger partial charge in [-0.05, 0) is 36.7 Å². The average Bonchev–Trinajstić information content (AvgIpc) is 2.43. The fourth-order valence-electron chi connectivity index (χ4n) is 1.67. The van der Waals surface area contributed by atoms with Gasteiger partial charge in [-0.15, -0.1) is 11.6 Å². The van der Waals surface area contributed by atoms with Crippen molar-refractivity contribution in [2.45, 2.75) is 33.4 Å². The first-order valence-electron chi connectivity index (χ1n) is 5.45. The topological polar surface area (TPSA) is 21.1 Å². The van der Waals surface area contributed by atoms with Gasteiger partial charge in [0.15, 0.2) is 0 Å². The van der Waals surface area contributed by atoms with Gasteiger partial charge >= 0.3 is 0 Å². The van der Waals surface area contributed by atoms with Gasteiger partial charge in [0.2, 0.25) is 0 Å². The van der Waals surface area contributed by atoms with Crippen molar-refractivity contribution >= 4 is 27.5 Å². The van der Waals surface area contributed by atoms with Crippen LogP contribution < -0.4 is 0 Å². The second-order valence-electron chi connectivity index (χ2n) is 4.22. The summed E-state index contributed by atoms with van der Waals surface area (Å²) < 4.78 is 3.04. The molecule has 0 fully saturated rings. The van der Waals surface area contributed by atoms with Gasteiger partial charge in [-0.3, -0.25) is 9.58 Å². The molecule has 0 amide bonds. The molecule has 0 aliphatic carbocycles. The van der Waals surface area contributed by atoms with Crippen LogP contribution in [-0.2, 0) is 13.6 Å². The first-order chi connectivity index (χ1) is 7.47. The van der Waals surface area contributed by atoms with Crippen molar-refractivity contribution in [1.29, 1.82) is 0 Å². The molecule has 0 saturated carbocycles. The quantitative estimate of drug-likeness (QED) is 0.780. The van der Waals surface area contributed by atoms with Gasteiger partial charge in [-0.25, -0.2) is 0 Å². The largest absolute Gasteiger partial charge is 0.294 e. The Morgan fingerprint density at radius 1 is 1.50 bits per heavy atom. The highest BCUT2D eigenvalue weighted by Crippen LogP contribution is 2.22. The summed E-state index contributed by atoms with van der Waals surface area (Å²) in [5.74, 6) is 0.659. The summed E-state index contributed by atoms with van der Waals surface area (Å²) in [7, 11) is 1.98. The average molecular weight is 309 g/mol. The zero-order valence-electron chi connectivity index (χ0n) is 10.3. The molecular formula is C11H19BrClN3. The van der Waals surface area contributed by atoms with E-state index in [1.165, 1.54) is 5.69 Å². The van der Waals surface area contributed by atoms with E-state index in [1.807, 2.05) is 18.7 Å². The lowest BCUT2D eigenvalue weighted by Crippen LogP contribution is -2.32. The summed E-state index contributed by atoms with van der Waals surface area (Å²) in [6.45, 7) is 8.15. The van der Waals surface area contributed by atoms with E-state index in [2.05, 4.69) is 39.8 Å². The van der Waals surface area contributed by atoms with Crippen molar-refractivity contribution < 1.29 is 0 Å². The number of hydrogen-bond acceptors (Lipinski definition) is 2. The molecule has 16 heavy (non-hydrogen) atoms. The van der Waals surface area contributed by atoms with E-state index in [4.69, 9.17) is 11.6 Å². The van der Waals surface area contributed by atoms with Gasteiger partial charge in [-0.2, -0.15) is 5.10 Å². The van der Waals surface area contributed by atoms with Gasteiger partial charge in [0.05, 0.1) is 15.9 Å². The molecule has 5 heteroatoms. The number of rotatable bonds is 5. The SMILES string of the molecule is Cc1nn(C)c(CN(CCCl)C(C)C)c1Br. The van der Waals surface area contributed by atoms with Gasteiger partial charge < -0.3 is 0 Å². The van der Waals surface area contributed by atoms with Crippen molar-refractivity contribution in [1.82, 2.24) is 14.7 Å². The molecule has 3 nitrogen and oxygen atoms in total. The summed E-state index contributed by atoms with van der Waals surface area (Å²) in [5.41, 5.74) is 2.24. The van der Waals surface area contributed by atoms with E-state index in [1.54, 1.807) is 0 Å². The third kappa shape index (κ3) is 3.22. The van der Waals surface area contributed by atoms with E-state index in [0.29, 0.717) is 11.9 Å². The molecule has 0 N–H and O–H groups in total. The van der Waals surface area contributed by atoms with E-state index in [9.17, 15) is 0 Å². The molecule has 0 atom stereocenters. The van der Waals surface area contributed by atoms with Crippen molar-refractivity contribution in [2.75, 3.05) is 12.4 Å². The Hall–Kier alpha value is -0.0600. The van der Waals surface area contributed by atoms with E-state index >= 15 is 0 Å². The lowest BCUT2D eigenvalue weighted by Gasteiger charge is -2.25. The van der Waals surface area contributed by atoms with Gasteiger partial charge in [-0.1, -0.05) is 0 Å². The Kier molecular flexibility index (Phi) is 5.28. The third-order valence-electron chi connectivity index (χ3n) is 2.72. The molecule has 0 aliphatic rings. The Morgan fingerprint density at radius 3 is 2.50 bits per heavy atom. The lowest BCUT2D eigenvalue weighted by atomic mass is 10.2. The maximum atomic E-state index is 5.82. The Balaban J connectivity index is 2.84. The molecule has 0 unspecified atom stereocenters. The molecule has 0 spiro atoms. The van der Waals surface area contributed by atoms with Gasteiger partial charge in [0, 0.05) is 32.1 Å². The molecule has 0 aromatic carbocycles. The highest BCUT2D eigenvalue weighted by Gasteiger charge is 2.16. The minimum Gasteiger partial charge on any atom is -0.294 e. The minimum absolute atomic E-state index is 0.487. The van der Waals surface area contributed by atoms with E-state index in [0.717, 1.165) is 23.3 Å². The molecule has 0 radical (unpaired) electrons. The summed E-state index contributed by atoms with van der Waals surface area (Å²) in [6, 6.07) is 0.487. The van der Waals surface area contributed by atoms with Crippen LogP contribution in [-0.4, -0.2) is 33.1 Å². The van der Waals surface area contributed by atoms with E-state index < -0.39 is 0 Å². The molecule has 0 saturated heterocycles. The first-order valence-corrected chi connectivity index (χ1v) is 6.78. The Labute approximate surface area is 111 Å². The van der Waals surface area contributed by atoms with E-state index in [-0.39, 0.29) is 0 Å². The summed E-state index contributed by atoms with van der Waals surface area (Å²) in [6.07, 6.45) is 0. The van der Waals surface area contributed by atoms with Crippen LogP contribution in [0.4, 0.5) is 0 Å². The van der Waals surface area contributed by atoms with Crippen LogP contribution in [0.15, 0.2) is 4.47 Å². The third-order valence-corrected chi connectivity index (χ3v) is 3.92. The molecule has 1 rings (SSSR count). The maximum absolute atomic E-state index is 5.82. The predicted molar refractivity (Wildman–Crippen MR) is 71.9 cm³/mol. The fourth-order valence-corrected chi connectivity index (χ4v) is 2.35. The lowest BCUT2D eigenvalue weighted by molar-refractivity contribution is 0.220. The van der Waals surface area contributed by atoms with Crippen LogP contribution in [0.25, 0.3) is 0 Å². The molecule has 1 aromatic rings. The van der Waals surface area contributed by atoms with Crippen molar-refractivity contribution in [3.63, 3.8) is 0 Å². The maximum Gasteiger partial charge on any atom is 0.0739 e. The highest BCUT2D eigenvalue weighted by molar-refractivity contribution is 9.10. The standard InChI is InChI=1S/C11H19BrClN3/c1-8(2)16(6-5-13)7-10-11(12)9(3)14-15(10)4/h8H,5-7H2,1-4H3. The summed E-state index contributed by atoms with van der Waals surface area (Å²) >= 11 is 9.40. The smallest absolute Gasteiger partial charge is 0.0739 e. The number of nitrogens with zero attached hydrogens (tertiary/aromatic N) is 3. The monoisotopic (exact) mass is 307 g/mol. The highest BCUT2D eigenvalue weighted by atomic mass is 79.9. The number of halogens is 2. The van der Waals surface area contributed by atoms with Crippen LogP contribution in [0.1, 0.15) is 25.2 Å². The molecule has 92 valence electrons. The van der Waals surface area contributed by atoms with Gasteiger partial charge in [0.1, 0.15) is 0 Å². The van der Waals surface area contributed by atoms with Crippen molar-refractivity contribution in [3.8, 4) is 0 Å². The van der Waals surface area contributed by atoms with Crippen LogP contribution in [0.3, 0.4) is 0 Å². The van der Waals surface area contributed by atoms with Crippen molar-refractivity contribution in [3.05, 3.63) is 15.9 Å². The number of aromatic nitrogens is 2. The van der Waals surface area contributed by atoms with Crippen LogP contribution in [0, 0.1) is 6.92 Å². The fraction of sp³-hybridized carbons (Fsp3) is 0.727. The van der Waals surface area contributed by atoms with Crippen molar-refractivity contribution in [2.24, 2.45) is 7.05 Å². The molecule has 0 aliphatic heterocycles. The number of hydrogen-bond donors (Lipinski definition) is 0. The molecule has 1 aromatic heterocycles. The zero-order valence-corrected chi connectivity index (χ0v) is 12.6. The second-order valence-corrected chi connectivity index (χ2v) is 5.39. The summed E-state index contributed by atoms with van der Waals surface area (Å²) in [5, 5.41) is 4.39. The minimum atomic E-state index is 0.487. The summed E-state index contributed by atoms with van der Waals surface area (Å²) in [4.78, 5) is 2.34. The first kappa shape index (κ1) is 14.0.